The summed E-state index contributed by atoms with van der Waals surface area (Å²) in [5.41, 5.74) is 2.06. The van der Waals surface area contributed by atoms with E-state index in [1.54, 1.807) is 44.4 Å². The molecule has 2 aromatic carbocycles. The summed E-state index contributed by atoms with van der Waals surface area (Å²) in [7, 11) is 4.92. The highest BCUT2D eigenvalue weighted by atomic mass is 16.5. The van der Waals surface area contributed by atoms with Gasteiger partial charge >= 0.3 is 0 Å². The fourth-order valence-corrected chi connectivity index (χ4v) is 2.68. The van der Waals surface area contributed by atoms with Crippen molar-refractivity contribution in [1.82, 2.24) is 15.1 Å². The first-order valence-corrected chi connectivity index (χ1v) is 8.73. The Hall–Kier alpha value is -3.61. The van der Waals surface area contributed by atoms with Crippen LogP contribution in [0.4, 0.5) is 11.5 Å². The fourth-order valence-electron chi connectivity index (χ4n) is 2.68. The SMILES string of the molecule is COc1ccc(Nc2ccc(C(=O)N(C)Cc3ccccc3)nn2)c(OC)c1. The number of carbonyl (C=O) groups is 1. The van der Waals surface area contributed by atoms with Crippen molar-refractivity contribution >= 4 is 17.4 Å². The van der Waals surface area contributed by atoms with Gasteiger partial charge in [0.05, 0.1) is 19.9 Å². The number of nitrogens with one attached hydrogen (secondary N) is 1. The van der Waals surface area contributed by atoms with Crippen LogP contribution in [0, 0.1) is 0 Å². The van der Waals surface area contributed by atoms with Crippen LogP contribution in [0.15, 0.2) is 60.7 Å². The molecule has 0 unspecified atom stereocenters. The molecule has 0 saturated carbocycles. The van der Waals surface area contributed by atoms with Gasteiger partial charge in [-0.15, -0.1) is 10.2 Å². The maximum absolute atomic E-state index is 12.6. The van der Waals surface area contributed by atoms with E-state index in [0.29, 0.717) is 23.9 Å². The van der Waals surface area contributed by atoms with Crippen molar-refractivity contribution in [2.45, 2.75) is 6.54 Å². The Kier molecular flexibility index (Phi) is 6.06. The molecule has 0 bridgehead atoms. The molecular weight excluding hydrogens is 356 g/mol. The molecule has 144 valence electrons. The maximum atomic E-state index is 12.6. The standard InChI is InChI=1S/C21H22N4O3/c1-25(14-15-7-5-4-6-8-15)21(26)18-11-12-20(24-23-18)22-17-10-9-16(27-2)13-19(17)28-3/h4-13H,14H2,1-3H3,(H,22,24). The minimum atomic E-state index is -0.190. The lowest BCUT2D eigenvalue weighted by Crippen LogP contribution is -2.27. The number of amides is 1. The molecule has 1 N–H and O–H groups in total. The van der Waals surface area contributed by atoms with Crippen LogP contribution in [0.5, 0.6) is 11.5 Å². The second kappa shape index (κ2) is 8.85. The second-order valence-electron chi connectivity index (χ2n) is 6.14. The largest absolute Gasteiger partial charge is 0.497 e. The first-order chi connectivity index (χ1) is 13.6. The minimum Gasteiger partial charge on any atom is -0.497 e. The third-order valence-corrected chi connectivity index (χ3v) is 4.16. The van der Waals surface area contributed by atoms with Crippen LogP contribution in [-0.2, 0) is 6.54 Å². The zero-order chi connectivity index (χ0) is 19.9. The summed E-state index contributed by atoms with van der Waals surface area (Å²) in [6.45, 7) is 0.504. The van der Waals surface area contributed by atoms with Crippen molar-refractivity contribution in [2.75, 3.05) is 26.6 Å². The predicted octanol–water partition coefficient (Wildman–Crippen LogP) is 3.51. The lowest BCUT2D eigenvalue weighted by molar-refractivity contribution is 0.0778. The Morgan fingerprint density at radius 2 is 1.79 bits per heavy atom. The molecule has 7 nitrogen and oxygen atoms in total. The van der Waals surface area contributed by atoms with E-state index >= 15 is 0 Å². The zero-order valence-corrected chi connectivity index (χ0v) is 16.0. The van der Waals surface area contributed by atoms with Gasteiger partial charge in [0.15, 0.2) is 11.5 Å². The average molecular weight is 378 g/mol. The van der Waals surface area contributed by atoms with Gasteiger partial charge in [0.25, 0.3) is 5.91 Å². The number of benzene rings is 2. The predicted molar refractivity (Wildman–Crippen MR) is 107 cm³/mol. The Balaban J connectivity index is 1.68. The smallest absolute Gasteiger partial charge is 0.274 e. The molecular formula is C21H22N4O3. The first kappa shape index (κ1) is 19.2. The third-order valence-electron chi connectivity index (χ3n) is 4.16. The Morgan fingerprint density at radius 1 is 1.00 bits per heavy atom. The van der Waals surface area contributed by atoms with Gasteiger partial charge in [0.2, 0.25) is 0 Å². The van der Waals surface area contributed by atoms with Gasteiger partial charge in [-0.05, 0) is 29.8 Å². The number of aromatic nitrogens is 2. The molecule has 3 aromatic rings. The van der Waals surface area contributed by atoms with Crippen molar-refractivity contribution in [2.24, 2.45) is 0 Å². The number of anilines is 2. The summed E-state index contributed by atoms with van der Waals surface area (Å²) in [5, 5.41) is 11.3. The van der Waals surface area contributed by atoms with E-state index in [4.69, 9.17) is 9.47 Å². The van der Waals surface area contributed by atoms with E-state index in [1.807, 2.05) is 42.5 Å². The summed E-state index contributed by atoms with van der Waals surface area (Å²) < 4.78 is 10.5. The summed E-state index contributed by atoms with van der Waals surface area (Å²) >= 11 is 0. The maximum Gasteiger partial charge on any atom is 0.274 e. The highest BCUT2D eigenvalue weighted by Crippen LogP contribution is 2.30. The van der Waals surface area contributed by atoms with Gasteiger partial charge in [-0.2, -0.15) is 0 Å². The lowest BCUT2D eigenvalue weighted by atomic mass is 10.2. The van der Waals surface area contributed by atoms with Crippen LogP contribution >= 0.6 is 0 Å². The third kappa shape index (κ3) is 4.56. The van der Waals surface area contributed by atoms with Crippen LogP contribution in [-0.4, -0.2) is 42.3 Å². The number of rotatable bonds is 7. The number of ether oxygens (including phenoxy) is 2. The summed E-state index contributed by atoms with van der Waals surface area (Å²) in [4.78, 5) is 14.2. The normalized spacial score (nSPS) is 10.2. The average Bonchev–Trinajstić information content (AvgIpc) is 2.74. The molecule has 0 fully saturated rings. The molecule has 1 amide bonds. The highest BCUT2D eigenvalue weighted by Gasteiger charge is 2.14. The van der Waals surface area contributed by atoms with Gasteiger partial charge in [-0.3, -0.25) is 4.79 Å². The number of nitrogens with zero attached hydrogens (tertiary/aromatic N) is 3. The molecule has 0 spiro atoms. The van der Waals surface area contributed by atoms with E-state index in [-0.39, 0.29) is 11.6 Å². The molecule has 0 aliphatic heterocycles. The molecule has 1 heterocycles. The molecule has 0 aliphatic carbocycles. The van der Waals surface area contributed by atoms with Crippen molar-refractivity contribution in [3.63, 3.8) is 0 Å². The van der Waals surface area contributed by atoms with Gasteiger partial charge in [-0.25, -0.2) is 0 Å². The molecule has 0 aliphatic rings. The van der Waals surface area contributed by atoms with Crippen molar-refractivity contribution in [3.05, 3.63) is 71.9 Å². The Bertz CT molecular complexity index is 930. The minimum absolute atomic E-state index is 0.190. The fraction of sp³-hybridized carbons (Fsp3) is 0.190. The Labute approximate surface area is 163 Å². The number of hydrogen-bond acceptors (Lipinski definition) is 6. The number of hydrogen-bond donors (Lipinski definition) is 1. The Morgan fingerprint density at radius 3 is 2.43 bits per heavy atom. The quantitative estimate of drug-likeness (QED) is 0.678. The highest BCUT2D eigenvalue weighted by molar-refractivity contribution is 5.92. The van der Waals surface area contributed by atoms with Gasteiger partial charge in [-0.1, -0.05) is 30.3 Å². The number of carbonyl (C=O) groups excluding carboxylic acids is 1. The monoisotopic (exact) mass is 378 g/mol. The van der Waals surface area contributed by atoms with Gasteiger partial charge in [0.1, 0.15) is 11.5 Å². The van der Waals surface area contributed by atoms with Crippen molar-refractivity contribution in [3.8, 4) is 11.5 Å². The van der Waals surface area contributed by atoms with Crippen LogP contribution in [0.3, 0.4) is 0 Å². The van der Waals surface area contributed by atoms with Crippen LogP contribution in [0.2, 0.25) is 0 Å². The zero-order valence-electron chi connectivity index (χ0n) is 16.0. The van der Waals surface area contributed by atoms with Crippen molar-refractivity contribution in [1.29, 1.82) is 0 Å². The summed E-state index contributed by atoms with van der Waals surface area (Å²) in [6.07, 6.45) is 0. The van der Waals surface area contributed by atoms with E-state index in [0.717, 1.165) is 11.3 Å². The molecule has 0 radical (unpaired) electrons. The molecule has 1 aromatic heterocycles. The van der Waals surface area contributed by atoms with Gasteiger partial charge in [0, 0.05) is 19.7 Å². The lowest BCUT2D eigenvalue weighted by Gasteiger charge is -2.16. The second-order valence-corrected chi connectivity index (χ2v) is 6.14. The van der Waals surface area contributed by atoms with E-state index < -0.39 is 0 Å². The molecule has 7 heteroatoms. The van der Waals surface area contributed by atoms with Crippen molar-refractivity contribution < 1.29 is 14.3 Å². The van der Waals surface area contributed by atoms with Crippen LogP contribution < -0.4 is 14.8 Å². The van der Waals surface area contributed by atoms with E-state index in [2.05, 4.69) is 15.5 Å². The molecule has 0 atom stereocenters. The van der Waals surface area contributed by atoms with Crippen LogP contribution in [0.25, 0.3) is 0 Å². The van der Waals surface area contributed by atoms with E-state index in [1.165, 1.54) is 0 Å². The first-order valence-electron chi connectivity index (χ1n) is 8.73. The topological polar surface area (TPSA) is 76.6 Å². The number of methoxy groups -OCH3 is 2. The molecule has 28 heavy (non-hydrogen) atoms. The molecule has 3 rings (SSSR count). The molecule has 0 saturated heterocycles. The van der Waals surface area contributed by atoms with E-state index in [9.17, 15) is 4.79 Å². The van der Waals surface area contributed by atoms with Crippen LogP contribution in [0.1, 0.15) is 16.1 Å². The summed E-state index contributed by atoms with van der Waals surface area (Å²) in [6, 6.07) is 18.6. The van der Waals surface area contributed by atoms with Gasteiger partial charge < -0.3 is 19.7 Å². The summed E-state index contributed by atoms with van der Waals surface area (Å²) in [5.74, 6) is 1.62.